The molecule has 0 atom stereocenters. The van der Waals surface area contributed by atoms with Gasteiger partial charge in [-0.1, -0.05) is 88.4 Å². The van der Waals surface area contributed by atoms with Gasteiger partial charge in [-0.05, 0) is 12.8 Å². The number of halogens is 2. The first-order chi connectivity index (χ1) is 11.0. The summed E-state index contributed by atoms with van der Waals surface area (Å²) in [6, 6.07) is 0. The van der Waals surface area contributed by atoms with Gasteiger partial charge >= 0.3 is 7.82 Å². The second kappa shape index (κ2) is 15.8. The van der Waals surface area contributed by atoms with Crippen LogP contribution in [-0.4, -0.2) is 13.2 Å². The number of phosphoric acid groups is 1. The molecule has 0 rings (SSSR count). The van der Waals surface area contributed by atoms with Gasteiger partial charge in [0.25, 0.3) is 0 Å². The highest BCUT2D eigenvalue weighted by atomic mass is 35.5. The molecule has 0 aromatic carbocycles. The van der Waals surface area contributed by atoms with Crippen LogP contribution >= 0.6 is 31.0 Å². The molecule has 0 saturated heterocycles. The minimum Gasteiger partial charge on any atom is -0.409 e. The van der Waals surface area contributed by atoms with E-state index in [0.717, 1.165) is 44.8 Å². The first-order valence-electron chi connectivity index (χ1n) is 8.62. The summed E-state index contributed by atoms with van der Waals surface area (Å²) in [5.74, 6) is 0. The Labute approximate surface area is 151 Å². The first kappa shape index (κ1) is 23.3. The number of phosphoric ester groups is 1. The third-order valence-electron chi connectivity index (χ3n) is 3.27. The molecule has 0 fully saturated rings. The van der Waals surface area contributed by atoms with Crippen LogP contribution in [0.2, 0.25) is 0 Å². The van der Waals surface area contributed by atoms with Crippen LogP contribution in [-0.2, 0) is 18.1 Å². The van der Waals surface area contributed by atoms with E-state index < -0.39 is 7.82 Å². The second-order valence-electron chi connectivity index (χ2n) is 5.45. The molecule has 0 amide bonds. The van der Waals surface area contributed by atoms with E-state index in [1.165, 1.54) is 25.7 Å². The quantitative estimate of drug-likeness (QED) is 0.157. The fourth-order valence-corrected chi connectivity index (χ4v) is 3.32. The standard InChI is InChI=1S/C16H31Cl2O4P/c1-3-5-7-9-11-13-20-23(19,22-15-16(17)18)21-14-12-10-8-6-4-2/h15H,3-14H2,1-2H3. The summed E-state index contributed by atoms with van der Waals surface area (Å²) >= 11 is 11.0. The Kier molecular flexibility index (Phi) is 16.0. The van der Waals surface area contributed by atoms with Gasteiger partial charge in [0.05, 0.1) is 13.2 Å². The summed E-state index contributed by atoms with van der Waals surface area (Å²) in [6.45, 7) is 5.00. The molecule has 0 unspecified atom stereocenters. The van der Waals surface area contributed by atoms with E-state index in [4.69, 9.17) is 36.8 Å². The van der Waals surface area contributed by atoms with Crippen LogP contribution in [0.25, 0.3) is 0 Å². The first-order valence-corrected chi connectivity index (χ1v) is 10.8. The fraction of sp³-hybridized carbons (Fsp3) is 0.875. The predicted octanol–water partition coefficient (Wildman–Crippen LogP) is 7.36. The van der Waals surface area contributed by atoms with Gasteiger partial charge in [-0.25, -0.2) is 4.57 Å². The SMILES string of the molecule is CCCCCCCOP(=O)(OC=C(Cl)Cl)OCCCCCCC. The van der Waals surface area contributed by atoms with Gasteiger partial charge in [-0.15, -0.1) is 0 Å². The van der Waals surface area contributed by atoms with Crippen LogP contribution in [0.15, 0.2) is 10.8 Å². The zero-order valence-corrected chi connectivity index (χ0v) is 16.8. The lowest BCUT2D eigenvalue weighted by molar-refractivity contribution is 0.138. The molecule has 0 aromatic heterocycles. The number of hydrogen-bond acceptors (Lipinski definition) is 4. The minimum absolute atomic E-state index is 0.122. The number of unbranched alkanes of at least 4 members (excludes halogenated alkanes) is 8. The van der Waals surface area contributed by atoms with Gasteiger partial charge in [0.15, 0.2) is 0 Å². The topological polar surface area (TPSA) is 44.8 Å². The monoisotopic (exact) mass is 388 g/mol. The predicted molar refractivity (Wildman–Crippen MR) is 97.9 cm³/mol. The summed E-state index contributed by atoms with van der Waals surface area (Å²) < 4.78 is 28.1. The maximum atomic E-state index is 12.5. The lowest BCUT2D eigenvalue weighted by atomic mass is 10.2. The highest BCUT2D eigenvalue weighted by molar-refractivity contribution is 7.48. The van der Waals surface area contributed by atoms with Gasteiger partial charge in [-0.2, -0.15) is 0 Å². The molecule has 4 nitrogen and oxygen atoms in total. The van der Waals surface area contributed by atoms with Gasteiger partial charge in [0.1, 0.15) is 10.8 Å². The van der Waals surface area contributed by atoms with Crippen molar-refractivity contribution in [2.24, 2.45) is 0 Å². The fourth-order valence-electron chi connectivity index (χ4n) is 1.97. The van der Waals surface area contributed by atoms with Gasteiger partial charge in [0.2, 0.25) is 0 Å². The number of rotatable bonds is 16. The van der Waals surface area contributed by atoms with Gasteiger partial charge in [-0.3, -0.25) is 9.05 Å². The lowest BCUT2D eigenvalue weighted by Crippen LogP contribution is -2.01. The largest absolute Gasteiger partial charge is 0.529 e. The van der Waals surface area contributed by atoms with E-state index in [9.17, 15) is 4.57 Å². The Bertz CT molecular complexity index is 327. The Hall–Kier alpha value is 0.270. The van der Waals surface area contributed by atoms with E-state index in [1.54, 1.807) is 0 Å². The highest BCUT2D eigenvalue weighted by Crippen LogP contribution is 2.50. The summed E-state index contributed by atoms with van der Waals surface area (Å²) in [4.78, 5) is 0. The summed E-state index contributed by atoms with van der Waals surface area (Å²) in [5, 5.41) is 0. The Morgan fingerprint density at radius 1 is 0.826 bits per heavy atom. The molecule has 0 aliphatic heterocycles. The summed E-state index contributed by atoms with van der Waals surface area (Å²) in [7, 11) is -3.63. The van der Waals surface area contributed by atoms with E-state index in [0.29, 0.717) is 13.2 Å². The van der Waals surface area contributed by atoms with Gasteiger partial charge < -0.3 is 4.52 Å². The van der Waals surface area contributed by atoms with Crippen molar-refractivity contribution in [3.63, 3.8) is 0 Å². The lowest BCUT2D eigenvalue weighted by Gasteiger charge is -2.16. The van der Waals surface area contributed by atoms with Crippen LogP contribution in [0.4, 0.5) is 0 Å². The maximum Gasteiger partial charge on any atom is 0.529 e. The third-order valence-corrected chi connectivity index (χ3v) is 4.80. The minimum atomic E-state index is -3.63. The zero-order valence-electron chi connectivity index (χ0n) is 14.4. The van der Waals surface area contributed by atoms with Crippen LogP contribution in [0.3, 0.4) is 0 Å². The van der Waals surface area contributed by atoms with Crippen LogP contribution < -0.4 is 0 Å². The average molecular weight is 389 g/mol. The Morgan fingerprint density at radius 2 is 1.26 bits per heavy atom. The molecule has 0 spiro atoms. The van der Waals surface area contributed by atoms with E-state index >= 15 is 0 Å². The van der Waals surface area contributed by atoms with Crippen molar-refractivity contribution in [1.29, 1.82) is 0 Å². The second-order valence-corrected chi connectivity index (χ2v) is 8.08. The Morgan fingerprint density at radius 3 is 1.65 bits per heavy atom. The van der Waals surface area contributed by atoms with E-state index in [-0.39, 0.29) is 4.49 Å². The molecular formula is C16H31Cl2O4P. The van der Waals surface area contributed by atoms with Crippen molar-refractivity contribution in [2.45, 2.75) is 78.1 Å². The molecule has 0 aliphatic rings. The molecule has 138 valence electrons. The molecule has 0 N–H and O–H groups in total. The highest BCUT2D eigenvalue weighted by Gasteiger charge is 2.26. The molecule has 0 radical (unpaired) electrons. The molecule has 7 heteroatoms. The number of hydrogen-bond donors (Lipinski definition) is 0. The summed E-state index contributed by atoms with van der Waals surface area (Å²) in [6.07, 6.45) is 11.8. The molecule has 23 heavy (non-hydrogen) atoms. The van der Waals surface area contributed by atoms with E-state index in [1.807, 2.05) is 0 Å². The molecule has 0 aliphatic carbocycles. The molecule has 0 bridgehead atoms. The molecule has 0 saturated carbocycles. The van der Waals surface area contributed by atoms with Crippen molar-refractivity contribution in [3.05, 3.63) is 10.8 Å². The molecular weight excluding hydrogens is 358 g/mol. The van der Waals surface area contributed by atoms with Crippen molar-refractivity contribution < 1.29 is 18.1 Å². The smallest absolute Gasteiger partial charge is 0.409 e. The third kappa shape index (κ3) is 15.5. The van der Waals surface area contributed by atoms with Gasteiger partial charge in [0, 0.05) is 0 Å². The van der Waals surface area contributed by atoms with Crippen molar-refractivity contribution in [2.75, 3.05) is 13.2 Å². The van der Waals surface area contributed by atoms with Crippen LogP contribution in [0, 0.1) is 0 Å². The van der Waals surface area contributed by atoms with Crippen LogP contribution in [0.1, 0.15) is 78.1 Å². The maximum absolute atomic E-state index is 12.5. The Balaban J connectivity index is 4.09. The summed E-state index contributed by atoms with van der Waals surface area (Å²) in [5.41, 5.74) is 0. The molecule has 0 heterocycles. The van der Waals surface area contributed by atoms with Crippen LogP contribution in [0.5, 0.6) is 0 Å². The van der Waals surface area contributed by atoms with E-state index in [2.05, 4.69) is 13.8 Å². The normalized spacial score (nSPS) is 11.5. The zero-order chi connectivity index (χ0) is 17.4. The molecule has 0 aromatic rings. The van der Waals surface area contributed by atoms with Crippen molar-refractivity contribution in [1.82, 2.24) is 0 Å². The average Bonchev–Trinajstić information content (AvgIpc) is 2.52. The van der Waals surface area contributed by atoms with Crippen molar-refractivity contribution in [3.8, 4) is 0 Å². The van der Waals surface area contributed by atoms with Crippen molar-refractivity contribution >= 4 is 31.0 Å².